The summed E-state index contributed by atoms with van der Waals surface area (Å²) in [6, 6.07) is 0. The molecule has 2 aliphatic carbocycles. The molecular formula is C26H38N2O4S. The van der Waals surface area contributed by atoms with Crippen molar-refractivity contribution in [1.82, 2.24) is 9.88 Å². The maximum Gasteiger partial charge on any atom is 0.410 e. The Labute approximate surface area is 201 Å². The zero-order chi connectivity index (χ0) is 23.7. The van der Waals surface area contributed by atoms with Crippen LogP contribution in [0.4, 0.5) is 4.79 Å². The largest absolute Gasteiger partial charge is 0.461 e. The smallest absolute Gasteiger partial charge is 0.410 e. The number of nitrogens with zero attached hydrogens (tertiary/aromatic N) is 2. The van der Waals surface area contributed by atoms with E-state index in [1.54, 1.807) is 0 Å². The van der Waals surface area contributed by atoms with E-state index in [1.807, 2.05) is 43.9 Å². The van der Waals surface area contributed by atoms with E-state index in [9.17, 15) is 9.59 Å². The molecule has 2 aliphatic heterocycles. The Hall–Kier alpha value is -1.63. The number of likely N-dealkylation sites (tertiary alicyclic amines) is 1. The van der Waals surface area contributed by atoms with Crippen LogP contribution in [0.5, 0.6) is 0 Å². The Bertz CT molecular complexity index is 945. The van der Waals surface area contributed by atoms with Gasteiger partial charge in [-0.1, -0.05) is 20.8 Å². The fourth-order valence-electron chi connectivity index (χ4n) is 6.91. The SMILES string of the molecule is C[C@@H]1C(=O)O[C@H]2[C@H]1CC[C@@]1(C)Cc3sc(C4CCN(C(=O)OC(C)(C)C)CC4)nc3[C@@H](C)[C@H]21. The van der Waals surface area contributed by atoms with Crippen molar-refractivity contribution in [3.05, 3.63) is 15.6 Å². The van der Waals surface area contributed by atoms with E-state index in [4.69, 9.17) is 14.5 Å². The molecule has 0 spiro atoms. The standard InChI is InChI=1S/C26H38N2O4S/c1-14-17-7-10-26(6)13-18-20(15(2)19(26)21(17)31-23(14)29)27-22(33-18)16-8-11-28(12-9-16)24(30)32-25(3,4)5/h14-17,19,21H,7-13H2,1-6H3/t14-,15-,17-,19+,21-,26-/m0/s1. The number of carbonyl (C=O) groups is 2. The molecule has 0 bridgehead atoms. The van der Waals surface area contributed by atoms with Gasteiger partial charge in [0.2, 0.25) is 0 Å². The fraction of sp³-hybridized carbons (Fsp3) is 0.808. The van der Waals surface area contributed by atoms with Gasteiger partial charge in [0.15, 0.2) is 0 Å². The third-order valence-electron chi connectivity index (χ3n) is 8.67. The van der Waals surface area contributed by atoms with E-state index in [1.165, 1.54) is 15.6 Å². The first-order valence-electron chi connectivity index (χ1n) is 12.6. The number of thiazole rings is 1. The number of piperidine rings is 1. The average molecular weight is 475 g/mol. The van der Waals surface area contributed by atoms with Gasteiger partial charge in [0, 0.05) is 41.6 Å². The summed E-state index contributed by atoms with van der Waals surface area (Å²) in [4.78, 5) is 33.3. The van der Waals surface area contributed by atoms with Crippen LogP contribution in [0.3, 0.4) is 0 Å². The Morgan fingerprint density at radius 2 is 1.88 bits per heavy atom. The fourth-order valence-corrected chi connectivity index (χ4v) is 8.44. The molecule has 7 heteroatoms. The Kier molecular flexibility index (Phi) is 5.58. The van der Waals surface area contributed by atoms with Gasteiger partial charge in [0.1, 0.15) is 11.7 Å². The molecular weight excluding hydrogens is 436 g/mol. The van der Waals surface area contributed by atoms with Crippen LogP contribution in [0.2, 0.25) is 0 Å². The number of carbonyl (C=O) groups excluding carboxylic acids is 2. The van der Waals surface area contributed by atoms with Gasteiger partial charge < -0.3 is 14.4 Å². The third kappa shape index (κ3) is 3.98. The number of aromatic nitrogens is 1. The van der Waals surface area contributed by atoms with E-state index < -0.39 is 5.60 Å². The molecule has 0 aromatic carbocycles. The molecule has 1 aromatic heterocycles. The van der Waals surface area contributed by atoms with Crippen LogP contribution in [-0.2, 0) is 20.7 Å². The molecule has 4 aliphatic rings. The van der Waals surface area contributed by atoms with Crippen molar-refractivity contribution in [2.45, 2.75) is 97.2 Å². The Balaban J connectivity index is 1.32. The summed E-state index contributed by atoms with van der Waals surface area (Å²) in [5.74, 6) is 1.42. The van der Waals surface area contributed by atoms with Crippen LogP contribution >= 0.6 is 11.3 Å². The number of rotatable bonds is 1. The summed E-state index contributed by atoms with van der Waals surface area (Å²) in [5.41, 5.74) is 0.945. The zero-order valence-corrected chi connectivity index (χ0v) is 21.7. The minimum absolute atomic E-state index is 0.0111. The normalized spacial score (nSPS) is 36.6. The summed E-state index contributed by atoms with van der Waals surface area (Å²) in [5, 5.41) is 1.23. The lowest BCUT2D eigenvalue weighted by molar-refractivity contribution is -0.149. The summed E-state index contributed by atoms with van der Waals surface area (Å²) in [7, 11) is 0. The molecule has 3 fully saturated rings. The van der Waals surface area contributed by atoms with Gasteiger partial charge in [-0.25, -0.2) is 9.78 Å². The Morgan fingerprint density at radius 3 is 2.55 bits per heavy atom. The lowest BCUT2D eigenvalue weighted by Gasteiger charge is -2.51. The predicted molar refractivity (Wildman–Crippen MR) is 127 cm³/mol. The van der Waals surface area contributed by atoms with E-state index in [2.05, 4.69) is 13.8 Å². The molecule has 0 unspecified atom stereocenters. The quantitative estimate of drug-likeness (QED) is 0.502. The number of esters is 1. The van der Waals surface area contributed by atoms with E-state index in [0.717, 1.165) is 45.2 Å². The van der Waals surface area contributed by atoms with Crippen molar-refractivity contribution >= 4 is 23.4 Å². The highest BCUT2D eigenvalue weighted by atomic mass is 32.1. The lowest BCUT2D eigenvalue weighted by atomic mass is 9.54. The second-order valence-corrected chi connectivity index (χ2v) is 13.3. The van der Waals surface area contributed by atoms with Crippen LogP contribution < -0.4 is 0 Å². The van der Waals surface area contributed by atoms with Crippen molar-refractivity contribution in [3.8, 4) is 0 Å². The minimum atomic E-state index is -0.463. The molecule has 33 heavy (non-hydrogen) atoms. The number of hydrogen-bond acceptors (Lipinski definition) is 6. The molecule has 1 saturated carbocycles. The second kappa shape index (κ2) is 7.96. The highest BCUT2D eigenvalue weighted by molar-refractivity contribution is 7.11. The first-order chi connectivity index (χ1) is 15.5. The molecule has 5 rings (SSSR count). The van der Waals surface area contributed by atoms with Crippen molar-refractivity contribution in [2.75, 3.05) is 13.1 Å². The van der Waals surface area contributed by atoms with Crippen LogP contribution in [0, 0.1) is 23.2 Å². The van der Waals surface area contributed by atoms with Crippen LogP contribution in [0.1, 0.15) is 94.6 Å². The second-order valence-electron chi connectivity index (χ2n) is 12.1. The summed E-state index contributed by atoms with van der Waals surface area (Å²) in [6.07, 6.45) is 4.98. The molecule has 0 N–H and O–H groups in total. The number of ether oxygens (including phenoxy) is 2. The minimum Gasteiger partial charge on any atom is -0.461 e. The molecule has 182 valence electrons. The highest BCUT2D eigenvalue weighted by Crippen LogP contribution is 2.59. The average Bonchev–Trinajstić information content (AvgIpc) is 3.27. The molecule has 6 nitrogen and oxygen atoms in total. The topological polar surface area (TPSA) is 68.7 Å². The van der Waals surface area contributed by atoms with Gasteiger partial charge in [-0.15, -0.1) is 11.3 Å². The van der Waals surface area contributed by atoms with Gasteiger partial charge >= 0.3 is 12.1 Å². The summed E-state index contributed by atoms with van der Waals surface area (Å²) >= 11 is 1.89. The van der Waals surface area contributed by atoms with Gasteiger partial charge in [-0.3, -0.25) is 4.79 Å². The molecule has 1 aromatic rings. The van der Waals surface area contributed by atoms with Gasteiger partial charge in [-0.2, -0.15) is 0 Å². The lowest BCUT2D eigenvalue weighted by Crippen LogP contribution is -2.50. The van der Waals surface area contributed by atoms with Crippen molar-refractivity contribution in [1.29, 1.82) is 0 Å². The maximum atomic E-state index is 12.4. The number of fused-ring (bicyclic) bond motifs is 4. The highest BCUT2D eigenvalue weighted by Gasteiger charge is 2.58. The van der Waals surface area contributed by atoms with Gasteiger partial charge in [0.25, 0.3) is 0 Å². The van der Waals surface area contributed by atoms with E-state index in [0.29, 0.717) is 23.7 Å². The molecule has 0 radical (unpaired) electrons. The van der Waals surface area contributed by atoms with Crippen molar-refractivity contribution in [2.24, 2.45) is 23.2 Å². The summed E-state index contributed by atoms with van der Waals surface area (Å²) < 4.78 is 11.5. The zero-order valence-electron chi connectivity index (χ0n) is 20.8. The summed E-state index contributed by atoms with van der Waals surface area (Å²) in [6.45, 7) is 13.9. The number of hydrogen-bond donors (Lipinski definition) is 0. The first-order valence-corrected chi connectivity index (χ1v) is 13.5. The first kappa shape index (κ1) is 23.1. The van der Waals surface area contributed by atoms with Crippen LogP contribution in [0.25, 0.3) is 0 Å². The maximum absolute atomic E-state index is 12.4. The molecule has 2 saturated heterocycles. The van der Waals surface area contributed by atoms with Gasteiger partial charge in [0.05, 0.1) is 16.6 Å². The third-order valence-corrected chi connectivity index (χ3v) is 9.90. The number of amides is 1. The van der Waals surface area contributed by atoms with E-state index in [-0.39, 0.29) is 29.5 Å². The monoisotopic (exact) mass is 474 g/mol. The Morgan fingerprint density at radius 1 is 1.18 bits per heavy atom. The predicted octanol–water partition coefficient (Wildman–Crippen LogP) is 5.51. The van der Waals surface area contributed by atoms with Crippen LogP contribution in [-0.4, -0.2) is 46.7 Å². The van der Waals surface area contributed by atoms with E-state index >= 15 is 0 Å². The molecule has 1 amide bonds. The molecule has 6 atom stereocenters. The molecule has 3 heterocycles. The van der Waals surface area contributed by atoms with Crippen molar-refractivity contribution in [3.63, 3.8) is 0 Å². The van der Waals surface area contributed by atoms with Crippen molar-refractivity contribution < 1.29 is 19.1 Å². The van der Waals surface area contributed by atoms with Crippen LogP contribution in [0.15, 0.2) is 0 Å². The van der Waals surface area contributed by atoms with Gasteiger partial charge in [-0.05, 0) is 58.3 Å².